The van der Waals surface area contributed by atoms with Crippen molar-refractivity contribution in [1.82, 2.24) is 10.2 Å². The molecule has 9 heteroatoms. The van der Waals surface area contributed by atoms with Crippen LogP contribution in [0.2, 0.25) is 0 Å². The highest BCUT2D eigenvalue weighted by atomic mass is 32.2. The average molecular weight is 357 g/mol. The summed E-state index contributed by atoms with van der Waals surface area (Å²) in [6.45, 7) is -0.852. The molecule has 0 saturated carbocycles. The molecule has 122 valence electrons. The predicted octanol–water partition coefficient (Wildman–Crippen LogP) is 3.90. The highest BCUT2D eigenvalue weighted by Gasteiger charge is 2.06. The Bertz CT molecular complexity index is 675. The zero-order valence-electron chi connectivity index (χ0n) is 12.0. The topological polar surface area (TPSA) is 64.1 Å². The van der Waals surface area contributed by atoms with Gasteiger partial charge in [0.1, 0.15) is 5.75 Å². The molecule has 0 unspecified atom stereocenters. The largest absolute Gasteiger partial charge is 0.435 e. The van der Waals surface area contributed by atoms with E-state index in [-0.39, 0.29) is 11.7 Å². The number of nitrogens with zero attached hydrogens (tertiary/aromatic N) is 2. The van der Waals surface area contributed by atoms with Gasteiger partial charge in [-0.3, -0.25) is 10.1 Å². The van der Waals surface area contributed by atoms with Crippen LogP contribution in [0.4, 0.5) is 13.9 Å². The van der Waals surface area contributed by atoms with Crippen molar-refractivity contribution >= 4 is 40.2 Å². The number of rotatable bonds is 7. The number of anilines is 1. The van der Waals surface area contributed by atoms with Crippen molar-refractivity contribution in [3.8, 4) is 5.75 Å². The highest BCUT2D eigenvalue weighted by Crippen LogP contribution is 2.25. The second-order valence-electron chi connectivity index (χ2n) is 4.08. The van der Waals surface area contributed by atoms with E-state index >= 15 is 0 Å². The molecular formula is C14H13F2N3O2S2. The van der Waals surface area contributed by atoms with Crippen molar-refractivity contribution < 1.29 is 18.3 Å². The van der Waals surface area contributed by atoms with Crippen LogP contribution >= 0.6 is 23.1 Å². The lowest BCUT2D eigenvalue weighted by Crippen LogP contribution is -2.07. The zero-order valence-corrected chi connectivity index (χ0v) is 13.7. The number of hydrogen-bond donors (Lipinski definition) is 1. The summed E-state index contributed by atoms with van der Waals surface area (Å²) >= 11 is 2.85. The molecule has 0 aliphatic rings. The van der Waals surface area contributed by atoms with Crippen molar-refractivity contribution in [2.75, 3.05) is 11.1 Å². The van der Waals surface area contributed by atoms with Gasteiger partial charge < -0.3 is 4.74 Å². The van der Waals surface area contributed by atoms with E-state index in [9.17, 15) is 13.6 Å². The van der Waals surface area contributed by atoms with Crippen molar-refractivity contribution in [3.05, 3.63) is 35.9 Å². The minimum atomic E-state index is -2.86. The van der Waals surface area contributed by atoms with Crippen LogP contribution in [0.3, 0.4) is 0 Å². The van der Waals surface area contributed by atoms with E-state index < -0.39 is 6.61 Å². The molecule has 0 aliphatic heterocycles. The Balaban J connectivity index is 1.89. The van der Waals surface area contributed by atoms with Crippen LogP contribution in [-0.2, 0) is 4.79 Å². The fraction of sp³-hybridized carbons (Fsp3) is 0.214. The second-order valence-corrected chi connectivity index (χ2v) is 6.56. The molecule has 1 heterocycles. The Labute approximate surface area is 139 Å². The lowest BCUT2D eigenvalue weighted by atomic mass is 10.2. The minimum absolute atomic E-state index is 0.0661. The van der Waals surface area contributed by atoms with Gasteiger partial charge in [-0.15, -0.1) is 10.2 Å². The lowest BCUT2D eigenvalue weighted by molar-refractivity contribution is -0.111. The maximum atomic E-state index is 12.0. The summed E-state index contributed by atoms with van der Waals surface area (Å²) in [5.74, 6) is 0.604. The Hall–Kier alpha value is -2.00. The number of aromatic nitrogens is 2. The van der Waals surface area contributed by atoms with Gasteiger partial charge in [0.25, 0.3) is 0 Å². The zero-order chi connectivity index (χ0) is 16.7. The molecule has 0 saturated heterocycles. The third kappa shape index (κ3) is 5.95. The fourth-order valence-corrected chi connectivity index (χ4v) is 3.17. The number of nitrogens with one attached hydrogen (secondary N) is 1. The van der Waals surface area contributed by atoms with E-state index in [0.29, 0.717) is 10.7 Å². The lowest BCUT2D eigenvalue weighted by Gasteiger charge is -2.03. The normalized spacial score (nSPS) is 11.1. The summed E-state index contributed by atoms with van der Waals surface area (Å²) in [4.78, 5) is 11.8. The molecule has 0 atom stereocenters. The first-order chi connectivity index (χ1) is 11.1. The Morgan fingerprint density at radius 2 is 2.13 bits per heavy atom. The van der Waals surface area contributed by atoms with Gasteiger partial charge in [0.15, 0.2) is 4.34 Å². The number of alkyl halides is 2. The third-order valence-corrected chi connectivity index (χ3v) is 4.29. The molecule has 0 radical (unpaired) electrons. The van der Waals surface area contributed by atoms with Gasteiger partial charge in [0, 0.05) is 6.08 Å². The van der Waals surface area contributed by atoms with Gasteiger partial charge in [-0.1, -0.05) is 42.2 Å². The van der Waals surface area contributed by atoms with Crippen molar-refractivity contribution in [2.24, 2.45) is 0 Å². The molecule has 0 bridgehead atoms. The number of ether oxygens (including phenoxy) is 1. The van der Waals surface area contributed by atoms with Crippen molar-refractivity contribution in [2.45, 2.75) is 17.9 Å². The molecule has 23 heavy (non-hydrogen) atoms. The van der Waals surface area contributed by atoms with Gasteiger partial charge in [0.05, 0.1) is 0 Å². The van der Waals surface area contributed by atoms with Gasteiger partial charge in [-0.2, -0.15) is 8.78 Å². The van der Waals surface area contributed by atoms with Gasteiger partial charge in [-0.05, 0) is 29.5 Å². The summed E-state index contributed by atoms with van der Waals surface area (Å²) in [5, 5.41) is 10.8. The molecule has 1 aromatic carbocycles. The van der Waals surface area contributed by atoms with E-state index in [1.54, 1.807) is 30.0 Å². The third-order valence-electron chi connectivity index (χ3n) is 2.44. The molecule has 1 aromatic heterocycles. The van der Waals surface area contributed by atoms with Crippen LogP contribution in [-0.4, -0.2) is 28.5 Å². The van der Waals surface area contributed by atoms with Crippen LogP contribution in [0.5, 0.6) is 5.75 Å². The van der Waals surface area contributed by atoms with E-state index in [4.69, 9.17) is 0 Å². The van der Waals surface area contributed by atoms with Crippen molar-refractivity contribution in [3.63, 3.8) is 0 Å². The van der Waals surface area contributed by atoms with Crippen LogP contribution in [0.25, 0.3) is 6.08 Å². The highest BCUT2D eigenvalue weighted by molar-refractivity contribution is 8.01. The van der Waals surface area contributed by atoms with E-state index in [0.717, 1.165) is 10.1 Å². The molecule has 1 N–H and O–H groups in total. The molecule has 1 amide bonds. The number of hydrogen-bond acceptors (Lipinski definition) is 6. The number of thioether (sulfide) groups is 1. The quantitative estimate of drug-likeness (QED) is 0.462. The molecule has 2 rings (SSSR count). The summed E-state index contributed by atoms with van der Waals surface area (Å²) in [7, 11) is 0. The number of halogens is 2. The van der Waals surface area contributed by atoms with Crippen LogP contribution < -0.4 is 10.1 Å². The van der Waals surface area contributed by atoms with Gasteiger partial charge >= 0.3 is 6.61 Å². The summed E-state index contributed by atoms with van der Waals surface area (Å²) < 4.78 is 29.1. The maximum absolute atomic E-state index is 12.0. The average Bonchev–Trinajstić information content (AvgIpc) is 2.93. The predicted molar refractivity (Wildman–Crippen MR) is 87.0 cm³/mol. The first kappa shape index (κ1) is 17.4. The van der Waals surface area contributed by atoms with Crippen LogP contribution in [0.15, 0.2) is 34.7 Å². The Kier molecular flexibility index (Phi) is 6.48. The van der Waals surface area contributed by atoms with Crippen LogP contribution in [0.1, 0.15) is 12.5 Å². The first-order valence-electron chi connectivity index (χ1n) is 6.57. The maximum Gasteiger partial charge on any atom is 0.387 e. The summed E-state index contributed by atoms with van der Waals surface area (Å²) in [6.07, 6.45) is 2.89. The smallest absolute Gasteiger partial charge is 0.387 e. The number of amides is 1. The van der Waals surface area contributed by atoms with E-state index in [1.165, 1.54) is 29.5 Å². The summed E-state index contributed by atoms with van der Waals surface area (Å²) in [5.41, 5.74) is 0.682. The Morgan fingerprint density at radius 1 is 1.39 bits per heavy atom. The van der Waals surface area contributed by atoms with Crippen molar-refractivity contribution in [1.29, 1.82) is 0 Å². The fourth-order valence-electron chi connectivity index (χ4n) is 1.52. The van der Waals surface area contributed by atoms with E-state index in [2.05, 4.69) is 20.3 Å². The molecule has 0 fully saturated rings. The summed E-state index contributed by atoms with van der Waals surface area (Å²) in [6, 6.07) is 5.95. The first-order valence-corrected chi connectivity index (χ1v) is 8.37. The van der Waals surface area contributed by atoms with Crippen LogP contribution in [0, 0.1) is 0 Å². The minimum Gasteiger partial charge on any atom is -0.435 e. The second kappa shape index (κ2) is 8.59. The molecule has 0 aliphatic carbocycles. The monoisotopic (exact) mass is 357 g/mol. The number of benzene rings is 1. The molecule has 2 aromatic rings. The molecular weight excluding hydrogens is 344 g/mol. The van der Waals surface area contributed by atoms with E-state index in [1.807, 2.05) is 6.92 Å². The Morgan fingerprint density at radius 3 is 2.78 bits per heavy atom. The molecule has 0 spiro atoms. The number of carbonyl (C=O) groups excluding carboxylic acids is 1. The molecule has 5 nitrogen and oxygen atoms in total. The standard InChI is InChI=1S/C14H13F2N3O2S2/c1-2-22-14-19-18-13(23-14)17-11(20)8-5-9-3-6-10(7-4-9)21-12(15)16/h3-8,12H,2H2,1H3,(H,17,18,20). The van der Waals surface area contributed by atoms with Gasteiger partial charge in [-0.25, -0.2) is 0 Å². The van der Waals surface area contributed by atoms with Gasteiger partial charge in [0.2, 0.25) is 11.0 Å². The SMILES string of the molecule is CCSc1nnc(NC(=O)C=Cc2ccc(OC(F)F)cc2)s1. The number of carbonyl (C=O) groups is 1.